The maximum absolute atomic E-state index is 12.8. The van der Waals surface area contributed by atoms with Crippen LogP contribution in [0.5, 0.6) is 0 Å². The summed E-state index contributed by atoms with van der Waals surface area (Å²) in [6.45, 7) is 12.0. The minimum Gasteiger partial charge on any atom is -0.355 e. The Bertz CT molecular complexity index is 645. The fourth-order valence-corrected chi connectivity index (χ4v) is 3.05. The van der Waals surface area contributed by atoms with Gasteiger partial charge in [-0.1, -0.05) is 56.3 Å². The Morgan fingerprint density at radius 1 is 1.11 bits per heavy atom. The third-order valence-corrected chi connectivity index (χ3v) is 4.91. The van der Waals surface area contributed by atoms with Crippen LogP contribution in [0.15, 0.2) is 36.4 Å². The smallest absolute Gasteiger partial charge is 0.237 e. The van der Waals surface area contributed by atoms with Crippen LogP contribution in [0.1, 0.15) is 33.3 Å². The molecule has 27 heavy (non-hydrogen) atoms. The van der Waals surface area contributed by atoms with Gasteiger partial charge in [0.05, 0.1) is 0 Å². The van der Waals surface area contributed by atoms with Gasteiger partial charge in [0.15, 0.2) is 0 Å². The quantitative estimate of drug-likeness (QED) is 0.750. The lowest BCUT2D eigenvalue weighted by atomic mass is 9.89. The summed E-state index contributed by atoms with van der Waals surface area (Å²) in [5.74, 6) is 0.102. The van der Waals surface area contributed by atoms with E-state index in [0.717, 1.165) is 19.6 Å². The summed E-state index contributed by atoms with van der Waals surface area (Å²) in [6, 6.07) is 10.2. The normalized spacial score (nSPS) is 16.1. The van der Waals surface area contributed by atoms with Crippen molar-refractivity contribution in [1.82, 2.24) is 15.1 Å². The number of amides is 2. The molecule has 0 bridgehead atoms. The van der Waals surface area contributed by atoms with Gasteiger partial charge in [-0.05, 0) is 25.3 Å². The first kappa shape index (κ1) is 21.2. The number of hydrogen-bond donors (Lipinski definition) is 1. The van der Waals surface area contributed by atoms with Crippen LogP contribution in [-0.4, -0.2) is 60.9 Å². The van der Waals surface area contributed by atoms with Crippen molar-refractivity contribution in [2.75, 3.05) is 39.3 Å². The summed E-state index contributed by atoms with van der Waals surface area (Å²) in [7, 11) is 0. The third kappa shape index (κ3) is 6.21. The lowest BCUT2D eigenvalue weighted by Crippen LogP contribution is -2.55. The molecule has 5 heteroatoms. The maximum atomic E-state index is 12.8. The number of rotatable bonds is 7. The monoisotopic (exact) mass is 371 g/mol. The van der Waals surface area contributed by atoms with Gasteiger partial charge in [-0.25, -0.2) is 0 Å². The van der Waals surface area contributed by atoms with E-state index >= 15 is 0 Å². The molecule has 1 aliphatic rings. The van der Waals surface area contributed by atoms with Crippen molar-refractivity contribution in [2.24, 2.45) is 11.3 Å². The maximum Gasteiger partial charge on any atom is 0.237 e. The largest absolute Gasteiger partial charge is 0.355 e. The Labute approximate surface area is 163 Å². The molecule has 0 atom stereocenters. The number of nitrogens with zero attached hydrogens (tertiary/aromatic N) is 2. The lowest BCUT2D eigenvalue weighted by molar-refractivity contribution is -0.149. The summed E-state index contributed by atoms with van der Waals surface area (Å²) in [4.78, 5) is 29.4. The summed E-state index contributed by atoms with van der Waals surface area (Å²) < 4.78 is 0. The molecule has 1 aromatic rings. The number of carbonyl (C=O) groups is 2. The zero-order valence-electron chi connectivity index (χ0n) is 17.1. The van der Waals surface area contributed by atoms with Gasteiger partial charge >= 0.3 is 0 Å². The fourth-order valence-electron chi connectivity index (χ4n) is 3.05. The second-order valence-corrected chi connectivity index (χ2v) is 8.13. The second kappa shape index (κ2) is 9.70. The average molecular weight is 372 g/mol. The van der Waals surface area contributed by atoms with E-state index in [-0.39, 0.29) is 11.8 Å². The Hall–Kier alpha value is -2.14. The molecule has 1 heterocycles. The predicted molar refractivity (Wildman–Crippen MR) is 110 cm³/mol. The minimum absolute atomic E-state index is 0.0803. The molecule has 1 fully saturated rings. The van der Waals surface area contributed by atoms with Gasteiger partial charge in [-0.2, -0.15) is 0 Å². The molecule has 1 N–H and O–H groups in total. The predicted octanol–water partition coefficient (Wildman–Crippen LogP) is 2.64. The molecule has 0 saturated carbocycles. The van der Waals surface area contributed by atoms with Crippen LogP contribution in [0.3, 0.4) is 0 Å². The van der Waals surface area contributed by atoms with Gasteiger partial charge in [0.25, 0.3) is 0 Å². The Morgan fingerprint density at radius 2 is 1.74 bits per heavy atom. The average Bonchev–Trinajstić information content (AvgIpc) is 2.66. The molecule has 0 spiro atoms. The SMILES string of the molecule is CC(C)CNC(=O)C(C)(C)C(=O)N1CCN(C/C=C/c2ccccc2)CC1. The van der Waals surface area contributed by atoms with Crippen molar-refractivity contribution in [1.29, 1.82) is 0 Å². The van der Waals surface area contributed by atoms with E-state index in [1.165, 1.54) is 5.56 Å². The molecule has 1 saturated heterocycles. The van der Waals surface area contributed by atoms with Crippen molar-refractivity contribution in [3.05, 3.63) is 42.0 Å². The molecule has 1 aromatic carbocycles. The Morgan fingerprint density at radius 3 is 2.33 bits per heavy atom. The topological polar surface area (TPSA) is 52.7 Å². The van der Waals surface area contributed by atoms with Gasteiger partial charge in [0, 0.05) is 39.3 Å². The van der Waals surface area contributed by atoms with E-state index in [0.29, 0.717) is 25.6 Å². The molecule has 2 amide bonds. The van der Waals surface area contributed by atoms with Crippen molar-refractivity contribution < 1.29 is 9.59 Å². The number of piperazine rings is 1. The molecule has 5 nitrogen and oxygen atoms in total. The van der Waals surface area contributed by atoms with E-state index in [1.807, 2.05) is 36.9 Å². The van der Waals surface area contributed by atoms with Crippen LogP contribution in [-0.2, 0) is 9.59 Å². The zero-order chi connectivity index (χ0) is 19.9. The van der Waals surface area contributed by atoms with Crippen molar-refractivity contribution in [3.8, 4) is 0 Å². The van der Waals surface area contributed by atoms with Crippen LogP contribution < -0.4 is 5.32 Å². The van der Waals surface area contributed by atoms with Crippen molar-refractivity contribution >= 4 is 17.9 Å². The zero-order valence-corrected chi connectivity index (χ0v) is 17.1. The molecular weight excluding hydrogens is 338 g/mol. The summed E-state index contributed by atoms with van der Waals surface area (Å²) in [5.41, 5.74) is 0.171. The highest BCUT2D eigenvalue weighted by Crippen LogP contribution is 2.20. The van der Waals surface area contributed by atoms with Crippen LogP contribution in [0, 0.1) is 11.3 Å². The van der Waals surface area contributed by atoms with Crippen molar-refractivity contribution in [3.63, 3.8) is 0 Å². The third-order valence-electron chi connectivity index (χ3n) is 4.91. The van der Waals surface area contributed by atoms with Crippen LogP contribution >= 0.6 is 0 Å². The van der Waals surface area contributed by atoms with Gasteiger partial charge in [-0.3, -0.25) is 14.5 Å². The lowest BCUT2D eigenvalue weighted by Gasteiger charge is -2.37. The standard InChI is InChI=1S/C22H33N3O2/c1-18(2)17-23-20(26)22(3,4)21(27)25-15-13-24(14-16-25)12-8-11-19-9-6-5-7-10-19/h5-11,18H,12-17H2,1-4H3,(H,23,26)/b11-8+. The first-order valence-corrected chi connectivity index (χ1v) is 9.82. The highest BCUT2D eigenvalue weighted by atomic mass is 16.2. The van der Waals surface area contributed by atoms with E-state index in [1.54, 1.807) is 13.8 Å². The number of carbonyl (C=O) groups excluding carboxylic acids is 2. The highest BCUT2D eigenvalue weighted by Gasteiger charge is 2.39. The van der Waals surface area contributed by atoms with Crippen LogP contribution in [0.25, 0.3) is 6.08 Å². The van der Waals surface area contributed by atoms with E-state index in [4.69, 9.17) is 0 Å². The second-order valence-electron chi connectivity index (χ2n) is 8.13. The number of nitrogens with one attached hydrogen (secondary N) is 1. The van der Waals surface area contributed by atoms with E-state index < -0.39 is 5.41 Å². The molecule has 0 unspecified atom stereocenters. The summed E-state index contributed by atoms with van der Waals surface area (Å²) in [5, 5.41) is 2.89. The molecule has 0 radical (unpaired) electrons. The van der Waals surface area contributed by atoms with Gasteiger partial charge in [0.1, 0.15) is 5.41 Å². The molecule has 1 aliphatic heterocycles. The molecule has 0 aromatic heterocycles. The van der Waals surface area contributed by atoms with Gasteiger partial charge in [0.2, 0.25) is 11.8 Å². The number of benzene rings is 1. The van der Waals surface area contributed by atoms with Crippen LogP contribution in [0.4, 0.5) is 0 Å². The molecule has 148 valence electrons. The molecule has 2 rings (SSSR count). The van der Waals surface area contributed by atoms with E-state index in [2.05, 4.69) is 34.5 Å². The minimum atomic E-state index is -1.02. The first-order valence-electron chi connectivity index (χ1n) is 9.82. The number of hydrogen-bond acceptors (Lipinski definition) is 3. The van der Waals surface area contributed by atoms with Gasteiger partial charge in [-0.15, -0.1) is 0 Å². The van der Waals surface area contributed by atoms with Gasteiger partial charge < -0.3 is 10.2 Å². The Kier molecular flexibility index (Phi) is 7.60. The van der Waals surface area contributed by atoms with E-state index in [9.17, 15) is 9.59 Å². The summed E-state index contributed by atoms with van der Waals surface area (Å²) >= 11 is 0. The summed E-state index contributed by atoms with van der Waals surface area (Å²) in [6.07, 6.45) is 4.29. The fraction of sp³-hybridized carbons (Fsp3) is 0.545. The van der Waals surface area contributed by atoms with Crippen LogP contribution in [0.2, 0.25) is 0 Å². The highest BCUT2D eigenvalue weighted by molar-refractivity contribution is 6.04. The molecule has 0 aliphatic carbocycles. The first-order chi connectivity index (χ1) is 12.8. The Balaban J connectivity index is 1.81. The van der Waals surface area contributed by atoms with Crippen molar-refractivity contribution in [2.45, 2.75) is 27.7 Å². The molecular formula is C22H33N3O2.